The quantitative estimate of drug-likeness (QED) is 0.826. The minimum atomic E-state index is -0.302. The molecule has 20 heavy (non-hydrogen) atoms. The summed E-state index contributed by atoms with van der Waals surface area (Å²) in [4.78, 5) is 11.4. The maximum atomic E-state index is 11.4. The molecule has 0 atom stereocenters. The number of nitrogens with one attached hydrogen (secondary N) is 1. The van der Waals surface area contributed by atoms with Crippen LogP contribution in [-0.2, 0) is 11.3 Å². The Balaban J connectivity index is 1.91. The molecule has 1 fully saturated rings. The van der Waals surface area contributed by atoms with Gasteiger partial charge in [0.15, 0.2) is 0 Å². The van der Waals surface area contributed by atoms with E-state index in [1.807, 2.05) is 18.2 Å². The molecule has 2 rings (SSSR count). The minimum Gasteiger partial charge on any atom is -0.465 e. The molecular formula is C16H22BrNO2. The summed E-state index contributed by atoms with van der Waals surface area (Å²) in [5.41, 5.74) is 2.20. The van der Waals surface area contributed by atoms with Gasteiger partial charge in [0.25, 0.3) is 0 Å². The molecule has 0 spiro atoms. The average Bonchev–Trinajstić information content (AvgIpc) is 2.86. The summed E-state index contributed by atoms with van der Waals surface area (Å²) in [5.74, 6) is -0.302. The molecule has 0 saturated heterocycles. The lowest BCUT2D eigenvalue weighted by molar-refractivity contribution is 0.0600. The number of hydrogen-bond donors (Lipinski definition) is 1. The molecule has 1 aromatic carbocycles. The Labute approximate surface area is 129 Å². The second-order valence-electron chi connectivity index (χ2n) is 5.92. The van der Waals surface area contributed by atoms with Crippen molar-refractivity contribution < 1.29 is 9.53 Å². The topological polar surface area (TPSA) is 38.3 Å². The van der Waals surface area contributed by atoms with E-state index >= 15 is 0 Å². The van der Waals surface area contributed by atoms with Crippen LogP contribution in [0.5, 0.6) is 0 Å². The zero-order chi connectivity index (χ0) is 14.6. The molecule has 0 unspecified atom stereocenters. The molecule has 0 bridgehead atoms. The minimum absolute atomic E-state index is 0.302. The standard InChI is InChI=1S/C16H22BrNO2/c1-16(7-3-4-8-16)11-18-10-13-6-5-12(9-14(13)17)15(19)20-2/h5-6,9,18H,3-4,7-8,10-11H2,1-2H3. The third-order valence-electron chi connectivity index (χ3n) is 4.15. The lowest BCUT2D eigenvalue weighted by atomic mass is 9.89. The highest BCUT2D eigenvalue weighted by Gasteiger charge is 2.27. The van der Waals surface area contributed by atoms with Crippen LogP contribution in [0, 0.1) is 5.41 Å². The summed E-state index contributed by atoms with van der Waals surface area (Å²) in [6.07, 6.45) is 5.36. The molecule has 1 saturated carbocycles. The van der Waals surface area contributed by atoms with E-state index in [0.717, 1.165) is 17.6 Å². The molecule has 0 amide bonds. The van der Waals surface area contributed by atoms with Gasteiger partial charge in [-0.2, -0.15) is 0 Å². The second kappa shape index (κ2) is 6.72. The smallest absolute Gasteiger partial charge is 0.337 e. The van der Waals surface area contributed by atoms with E-state index in [1.54, 1.807) is 0 Å². The maximum Gasteiger partial charge on any atom is 0.337 e. The Kier molecular flexibility index (Phi) is 5.22. The molecule has 1 aliphatic carbocycles. The molecule has 0 radical (unpaired) electrons. The van der Waals surface area contributed by atoms with Crippen molar-refractivity contribution in [1.82, 2.24) is 5.32 Å². The summed E-state index contributed by atoms with van der Waals surface area (Å²) in [6.45, 7) is 4.23. The first-order valence-electron chi connectivity index (χ1n) is 7.11. The van der Waals surface area contributed by atoms with Gasteiger partial charge < -0.3 is 10.1 Å². The van der Waals surface area contributed by atoms with Gasteiger partial charge in [-0.1, -0.05) is 41.8 Å². The van der Waals surface area contributed by atoms with E-state index in [2.05, 4.69) is 28.2 Å². The molecule has 0 aromatic heterocycles. The molecule has 4 heteroatoms. The van der Waals surface area contributed by atoms with Crippen LogP contribution in [0.1, 0.15) is 48.5 Å². The van der Waals surface area contributed by atoms with Gasteiger partial charge in [-0.25, -0.2) is 4.79 Å². The van der Waals surface area contributed by atoms with Gasteiger partial charge in [0.2, 0.25) is 0 Å². The van der Waals surface area contributed by atoms with Gasteiger partial charge in [0.1, 0.15) is 0 Å². The Morgan fingerprint density at radius 3 is 2.70 bits per heavy atom. The number of ether oxygens (including phenoxy) is 1. The van der Waals surface area contributed by atoms with Gasteiger partial charge in [0, 0.05) is 17.6 Å². The zero-order valence-electron chi connectivity index (χ0n) is 12.2. The number of benzene rings is 1. The summed E-state index contributed by atoms with van der Waals surface area (Å²) >= 11 is 3.52. The van der Waals surface area contributed by atoms with Crippen molar-refractivity contribution in [3.05, 3.63) is 33.8 Å². The highest BCUT2D eigenvalue weighted by atomic mass is 79.9. The van der Waals surface area contributed by atoms with E-state index in [4.69, 9.17) is 4.74 Å². The number of halogens is 1. The fourth-order valence-electron chi connectivity index (χ4n) is 2.84. The van der Waals surface area contributed by atoms with Crippen molar-refractivity contribution in [2.24, 2.45) is 5.41 Å². The molecule has 110 valence electrons. The van der Waals surface area contributed by atoms with Crippen LogP contribution in [-0.4, -0.2) is 19.6 Å². The number of methoxy groups -OCH3 is 1. The van der Waals surface area contributed by atoms with Crippen LogP contribution in [0.3, 0.4) is 0 Å². The lowest BCUT2D eigenvalue weighted by Gasteiger charge is -2.24. The van der Waals surface area contributed by atoms with Crippen LogP contribution in [0.15, 0.2) is 22.7 Å². The average molecular weight is 340 g/mol. The van der Waals surface area contributed by atoms with Gasteiger partial charge >= 0.3 is 5.97 Å². The van der Waals surface area contributed by atoms with Gasteiger partial charge in [0.05, 0.1) is 12.7 Å². The van der Waals surface area contributed by atoms with Crippen molar-refractivity contribution >= 4 is 21.9 Å². The predicted octanol–water partition coefficient (Wildman–Crippen LogP) is 3.91. The van der Waals surface area contributed by atoms with Crippen LogP contribution in [0.4, 0.5) is 0 Å². The van der Waals surface area contributed by atoms with E-state index in [1.165, 1.54) is 38.4 Å². The number of carbonyl (C=O) groups is 1. The van der Waals surface area contributed by atoms with Crippen molar-refractivity contribution in [2.75, 3.05) is 13.7 Å². The number of esters is 1. The summed E-state index contributed by atoms with van der Waals surface area (Å²) in [7, 11) is 1.40. The van der Waals surface area contributed by atoms with Gasteiger partial charge in [-0.15, -0.1) is 0 Å². The predicted molar refractivity (Wildman–Crippen MR) is 83.8 cm³/mol. The van der Waals surface area contributed by atoms with Crippen molar-refractivity contribution in [3.8, 4) is 0 Å². The van der Waals surface area contributed by atoms with E-state index in [0.29, 0.717) is 11.0 Å². The molecule has 0 aliphatic heterocycles. The fourth-order valence-corrected chi connectivity index (χ4v) is 3.36. The van der Waals surface area contributed by atoms with Crippen LogP contribution in [0.2, 0.25) is 0 Å². The van der Waals surface area contributed by atoms with E-state index < -0.39 is 0 Å². The highest BCUT2D eigenvalue weighted by molar-refractivity contribution is 9.10. The molecule has 1 aromatic rings. The SMILES string of the molecule is COC(=O)c1ccc(CNCC2(C)CCCC2)c(Br)c1. The largest absolute Gasteiger partial charge is 0.465 e. The summed E-state index contributed by atoms with van der Waals surface area (Å²) in [5, 5.41) is 3.54. The summed E-state index contributed by atoms with van der Waals surface area (Å²) in [6, 6.07) is 5.60. The molecule has 1 aliphatic rings. The zero-order valence-corrected chi connectivity index (χ0v) is 13.8. The van der Waals surface area contributed by atoms with Crippen LogP contribution >= 0.6 is 15.9 Å². The number of carbonyl (C=O) groups excluding carboxylic acids is 1. The fraction of sp³-hybridized carbons (Fsp3) is 0.562. The Morgan fingerprint density at radius 1 is 1.40 bits per heavy atom. The molecule has 1 N–H and O–H groups in total. The lowest BCUT2D eigenvalue weighted by Crippen LogP contribution is -2.29. The second-order valence-corrected chi connectivity index (χ2v) is 6.77. The highest BCUT2D eigenvalue weighted by Crippen LogP contribution is 2.36. The third kappa shape index (κ3) is 3.83. The number of rotatable bonds is 5. The Bertz CT molecular complexity index is 481. The van der Waals surface area contributed by atoms with Crippen molar-refractivity contribution in [3.63, 3.8) is 0 Å². The Hall–Kier alpha value is -0.870. The first kappa shape index (κ1) is 15.5. The monoisotopic (exact) mass is 339 g/mol. The molecule has 3 nitrogen and oxygen atoms in total. The normalized spacial score (nSPS) is 17.1. The third-order valence-corrected chi connectivity index (χ3v) is 4.89. The van der Waals surface area contributed by atoms with Crippen molar-refractivity contribution in [1.29, 1.82) is 0 Å². The van der Waals surface area contributed by atoms with E-state index in [-0.39, 0.29) is 5.97 Å². The maximum absolute atomic E-state index is 11.4. The van der Waals surface area contributed by atoms with Crippen LogP contribution in [0.25, 0.3) is 0 Å². The Morgan fingerprint density at radius 2 is 2.10 bits per heavy atom. The first-order chi connectivity index (χ1) is 9.54. The van der Waals surface area contributed by atoms with Crippen molar-refractivity contribution in [2.45, 2.75) is 39.2 Å². The van der Waals surface area contributed by atoms with Gasteiger partial charge in [-0.3, -0.25) is 0 Å². The number of hydrogen-bond acceptors (Lipinski definition) is 3. The van der Waals surface area contributed by atoms with E-state index in [9.17, 15) is 4.79 Å². The summed E-state index contributed by atoms with van der Waals surface area (Å²) < 4.78 is 5.67. The van der Waals surface area contributed by atoms with Crippen LogP contribution < -0.4 is 5.32 Å². The first-order valence-corrected chi connectivity index (χ1v) is 7.91. The molecule has 0 heterocycles. The molecular weight excluding hydrogens is 318 g/mol. The van der Waals surface area contributed by atoms with Gasteiger partial charge in [-0.05, 0) is 36.0 Å².